The van der Waals surface area contributed by atoms with Crippen LogP contribution in [0.15, 0.2) is 36.4 Å². The molecule has 0 radical (unpaired) electrons. The van der Waals surface area contributed by atoms with Gasteiger partial charge in [0.25, 0.3) is 0 Å². The minimum atomic E-state index is -0.409. The fourth-order valence-electron chi connectivity index (χ4n) is 1.22. The topological polar surface area (TPSA) is 60.2 Å². The molecular formula is C12H13NO3. The van der Waals surface area contributed by atoms with Crippen LogP contribution in [0.3, 0.4) is 0 Å². The van der Waals surface area contributed by atoms with Gasteiger partial charge in [0.15, 0.2) is 5.78 Å². The predicted octanol–water partition coefficient (Wildman–Crippen LogP) is 2.33. The normalized spacial score (nSPS) is 10.5. The molecule has 4 nitrogen and oxygen atoms in total. The van der Waals surface area contributed by atoms with Crippen molar-refractivity contribution in [3.05, 3.63) is 52.1 Å². The van der Waals surface area contributed by atoms with Crippen LogP contribution in [-0.4, -0.2) is 17.3 Å². The van der Waals surface area contributed by atoms with E-state index >= 15 is 0 Å². The van der Waals surface area contributed by atoms with Gasteiger partial charge in [0.1, 0.15) is 0 Å². The highest BCUT2D eigenvalue weighted by Gasteiger charge is 2.01. The minimum Gasteiger partial charge on any atom is -0.295 e. The molecule has 0 aliphatic rings. The van der Waals surface area contributed by atoms with Crippen molar-refractivity contribution in [1.82, 2.24) is 0 Å². The lowest BCUT2D eigenvalue weighted by molar-refractivity contribution is -0.480. The first-order chi connectivity index (χ1) is 7.68. The van der Waals surface area contributed by atoms with Gasteiger partial charge in [0.2, 0.25) is 6.54 Å². The first kappa shape index (κ1) is 12.1. The zero-order chi connectivity index (χ0) is 11.8. The number of hydrogen-bond donors (Lipinski definition) is 0. The molecule has 0 amide bonds. The van der Waals surface area contributed by atoms with E-state index in [0.29, 0.717) is 6.42 Å². The van der Waals surface area contributed by atoms with E-state index in [1.807, 2.05) is 30.3 Å². The van der Waals surface area contributed by atoms with Crippen LogP contribution in [0.4, 0.5) is 0 Å². The minimum absolute atomic E-state index is 0.0781. The van der Waals surface area contributed by atoms with E-state index in [1.165, 1.54) is 6.08 Å². The molecule has 1 aromatic rings. The third-order valence-electron chi connectivity index (χ3n) is 2.03. The first-order valence-electron chi connectivity index (χ1n) is 5.06. The lowest BCUT2D eigenvalue weighted by Gasteiger charge is -1.93. The standard InChI is InChI=1S/C12H13NO3/c14-12(7-4-10-13(15)16)9-8-11-5-2-1-3-6-11/h1-3,5-6,8-9H,4,7,10H2/b9-8+. The second-order valence-corrected chi connectivity index (χ2v) is 3.37. The van der Waals surface area contributed by atoms with Crippen LogP contribution >= 0.6 is 0 Å². The summed E-state index contributed by atoms with van der Waals surface area (Å²) in [6, 6.07) is 9.45. The van der Waals surface area contributed by atoms with Crippen molar-refractivity contribution >= 4 is 11.9 Å². The summed E-state index contributed by atoms with van der Waals surface area (Å²) in [6.07, 6.45) is 3.71. The van der Waals surface area contributed by atoms with E-state index < -0.39 is 4.92 Å². The van der Waals surface area contributed by atoms with Crippen molar-refractivity contribution in [3.8, 4) is 0 Å². The maximum Gasteiger partial charge on any atom is 0.204 e. The van der Waals surface area contributed by atoms with Crippen LogP contribution in [0.5, 0.6) is 0 Å². The number of carbonyl (C=O) groups is 1. The molecule has 0 saturated heterocycles. The van der Waals surface area contributed by atoms with E-state index in [9.17, 15) is 14.9 Å². The molecule has 0 saturated carbocycles. The van der Waals surface area contributed by atoms with E-state index in [1.54, 1.807) is 6.08 Å². The second kappa shape index (κ2) is 6.50. The van der Waals surface area contributed by atoms with Crippen LogP contribution in [0, 0.1) is 10.1 Å². The fraction of sp³-hybridized carbons (Fsp3) is 0.250. The Labute approximate surface area is 93.7 Å². The Morgan fingerprint density at radius 2 is 2.00 bits per heavy atom. The Balaban J connectivity index is 2.34. The number of ketones is 1. The maximum absolute atomic E-state index is 11.3. The Morgan fingerprint density at radius 1 is 1.31 bits per heavy atom. The maximum atomic E-state index is 11.3. The van der Waals surface area contributed by atoms with E-state index in [4.69, 9.17) is 0 Å². The summed E-state index contributed by atoms with van der Waals surface area (Å²) in [5, 5.41) is 10.0. The summed E-state index contributed by atoms with van der Waals surface area (Å²) in [5.74, 6) is -0.0781. The molecule has 0 unspecified atom stereocenters. The molecule has 0 aliphatic heterocycles. The Bertz CT molecular complexity index is 385. The molecule has 0 bridgehead atoms. The summed E-state index contributed by atoms with van der Waals surface area (Å²) in [5.41, 5.74) is 0.949. The van der Waals surface area contributed by atoms with E-state index in [0.717, 1.165) is 5.56 Å². The highest BCUT2D eigenvalue weighted by atomic mass is 16.6. The molecule has 0 N–H and O–H groups in total. The van der Waals surface area contributed by atoms with Crippen molar-refractivity contribution in [3.63, 3.8) is 0 Å². The number of carbonyl (C=O) groups excluding carboxylic acids is 1. The van der Waals surface area contributed by atoms with E-state index in [-0.39, 0.29) is 18.7 Å². The van der Waals surface area contributed by atoms with Gasteiger partial charge in [-0.25, -0.2) is 0 Å². The average molecular weight is 219 g/mol. The van der Waals surface area contributed by atoms with Crippen LogP contribution in [-0.2, 0) is 4.79 Å². The molecule has 4 heteroatoms. The van der Waals surface area contributed by atoms with Gasteiger partial charge in [-0.05, 0) is 11.6 Å². The third kappa shape index (κ3) is 5.05. The lowest BCUT2D eigenvalue weighted by Crippen LogP contribution is -2.03. The molecule has 0 atom stereocenters. The third-order valence-corrected chi connectivity index (χ3v) is 2.03. The van der Waals surface area contributed by atoms with Crippen LogP contribution < -0.4 is 0 Å². The summed E-state index contributed by atoms with van der Waals surface area (Å²) in [4.78, 5) is 20.9. The summed E-state index contributed by atoms with van der Waals surface area (Å²) in [7, 11) is 0. The highest BCUT2D eigenvalue weighted by Crippen LogP contribution is 2.02. The Kier molecular flexibility index (Phi) is 4.92. The number of nitrogens with zero attached hydrogens (tertiary/aromatic N) is 1. The molecule has 0 fully saturated rings. The van der Waals surface area contributed by atoms with Gasteiger partial charge < -0.3 is 0 Å². The van der Waals surface area contributed by atoms with Gasteiger partial charge in [-0.3, -0.25) is 14.9 Å². The Hall–Kier alpha value is -1.97. The molecular weight excluding hydrogens is 206 g/mol. The molecule has 0 heterocycles. The van der Waals surface area contributed by atoms with Crippen molar-refractivity contribution in [1.29, 1.82) is 0 Å². The summed E-state index contributed by atoms with van der Waals surface area (Å²) in [6.45, 7) is -0.148. The van der Waals surface area contributed by atoms with Crippen LogP contribution in [0.2, 0.25) is 0 Å². The molecule has 0 spiro atoms. The van der Waals surface area contributed by atoms with Gasteiger partial charge in [-0.1, -0.05) is 36.4 Å². The van der Waals surface area contributed by atoms with Crippen molar-refractivity contribution in [2.24, 2.45) is 0 Å². The summed E-state index contributed by atoms with van der Waals surface area (Å²) < 4.78 is 0. The summed E-state index contributed by atoms with van der Waals surface area (Å²) >= 11 is 0. The van der Waals surface area contributed by atoms with E-state index in [2.05, 4.69) is 0 Å². The molecule has 16 heavy (non-hydrogen) atoms. The van der Waals surface area contributed by atoms with Gasteiger partial charge in [-0.2, -0.15) is 0 Å². The van der Waals surface area contributed by atoms with Gasteiger partial charge in [-0.15, -0.1) is 0 Å². The first-order valence-corrected chi connectivity index (χ1v) is 5.06. The van der Waals surface area contributed by atoms with Gasteiger partial charge >= 0.3 is 0 Å². The zero-order valence-corrected chi connectivity index (χ0v) is 8.83. The number of hydrogen-bond acceptors (Lipinski definition) is 3. The number of allylic oxidation sites excluding steroid dienone is 1. The fourth-order valence-corrected chi connectivity index (χ4v) is 1.22. The number of benzene rings is 1. The quantitative estimate of drug-likeness (QED) is 0.419. The molecule has 1 aromatic carbocycles. The second-order valence-electron chi connectivity index (χ2n) is 3.37. The largest absolute Gasteiger partial charge is 0.295 e. The van der Waals surface area contributed by atoms with Gasteiger partial charge in [0.05, 0.1) is 0 Å². The number of rotatable bonds is 6. The molecule has 84 valence electrons. The van der Waals surface area contributed by atoms with Crippen LogP contribution in [0.25, 0.3) is 6.08 Å². The smallest absolute Gasteiger partial charge is 0.204 e. The zero-order valence-electron chi connectivity index (χ0n) is 8.83. The van der Waals surface area contributed by atoms with Crippen LogP contribution in [0.1, 0.15) is 18.4 Å². The number of nitro groups is 1. The van der Waals surface area contributed by atoms with Crippen molar-refractivity contribution in [2.45, 2.75) is 12.8 Å². The van der Waals surface area contributed by atoms with Crippen molar-refractivity contribution in [2.75, 3.05) is 6.54 Å². The predicted molar refractivity (Wildman–Crippen MR) is 61.6 cm³/mol. The average Bonchev–Trinajstić information content (AvgIpc) is 2.27. The van der Waals surface area contributed by atoms with Gasteiger partial charge in [0, 0.05) is 17.8 Å². The monoisotopic (exact) mass is 219 g/mol. The Morgan fingerprint density at radius 3 is 2.62 bits per heavy atom. The molecule has 0 aromatic heterocycles. The highest BCUT2D eigenvalue weighted by molar-refractivity contribution is 5.93. The molecule has 0 aliphatic carbocycles. The van der Waals surface area contributed by atoms with Crippen molar-refractivity contribution < 1.29 is 9.72 Å². The SMILES string of the molecule is O=C(/C=C/c1ccccc1)CCC[N+](=O)[O-]. The lowest BCUT2D eigenvalue weighted by atomic mass is 10.1. The molecule has 1 rings (SSSR count).